The average Bonchev–Trinajstić information content (AvgIpc) is 2.53. The van der Waals surface area contributed by atoms with Crippen LogP contribution in [0.15, 0.2) is 23.8 Å². The molecular weight excluding hydrogens is 292 g/mol. The monoisotopic (exact) mass is 308 g/mol. The van der Waals surface area contributed by atoms with Crippen LogP contribution >= 0.6 is 11.6 Å². The highest BCUT2D eigenvalue weighted by Crippen LogP contribution is 2.29. The van der Waals surface area contributed by atoms with E-state index >= 15 is 0 Å². The normalized spacial score (nSPS) is 21.3. The van der Waals surface area contributed by atoms with Gasteiger partial charge in [0.15, 0.2) is 0 Å². The molecule has 0 bridgehead atoms. The molecule has 0 radical (unpaired) electrons. The first kappa shape index (κ1) is 14.4. The molecule has 1 aromatic rings. The van der Waals surface area contributed by atoms with Crippen LogP contribution in [0.3, 0.4) is 0 Å². The Morgan fingerprint density at radius 3 is 3.14 bits per heavy atom. The van der Waals surface area contributed by atoms with Crippen molar-refractivity contribution in [2.24, 2.45) is 5.73 Å². The lowest BCUT2D eigenvalue weighted by Gasteiger charge is -2.33. The van der Waals surface area contributed by atoms with E-state index in [0.717, 1.165) is 11.3 Å². The molecular formula is C15H17ClN2O3. The van der Waals surface area contributed by atoms with Gasteiger partial charge in [-0.2, -0.15) is 0 Å². The first-order chi connectivity index (χ1) is 10.2. The molecule has 5 nitrogen and oxygen atoms in total. The van der Waals surface area contributed by atoms with E-state index in [1.807, 2.05) is 12.1 Å². The maximum absolute atomic E-state index is 12.6. The molecule has 0 saturated carbocycles. The van der Waals surface area contributed by atoms with Crippen LogP contribution in [0, 0.1) is 0 Å². The van der Waals surface area contributed by atoms with Gasteiger partial charge in [0.1, 0.15) is 12.4 Å². The molecule has 1 aromatic carbocycles. The van der Waals surface area contributed by atoms with Crippen molar-refractivity contribution in [1.82, 2.24) is 4.90 Å². The predicted octanol–water partition coefficient (Wildman–Crippen LogP) is 1.30. The SMILES string of the molecule is NCC1CN(C(=O)C2=Cc3cc(Cl)ccc3OC2)CCO1. The third kappa shape index (κ3) is 3.05. The van der Waals surface area contributed by atoms with Crippen LogP contribution in [-0.4, -0.2) is 49.8 Å². The van der Waals surface area contributed by atoms with Crippen molar-refractivity contribution >= 4 is 23.6 Å². The molecule has 0 aromatic heterocycles. The number of hydrogen-bond acceptors (Lipinski definition) is 4. The molecule has 112 valence electrons. The molecule has 1 amide bonds. The molecule has 2 aliphatic rings. The number of ether oxygens (including phenoxy) is 2. The molecule has 3 rings (SSSR count). The fourth-order valence-electron chi connectivity index (χ4n) is 2.52. The molecule has 0 spiro atoms. The van der Waals surface area contributed by atoms with Crippen LogP contribution in [0.25, 0.3) is 6.08 Å². The Labute approximate surface area is 128 Å². The second-order valence-electron chi connectivity index (χ2n) is 5.12. The topological polar surface area (TPSA) is 64.8 Å². The highest BCUT2D eigenvalue weighted by Gasteiger charge is 2.27. The molecule has 2 heterocycles. The summed E-state index contributed by atoms with van der Waals surface area (Å²) in [6.45, 7) is 2.31. The van der Waals surface area contributed by atoms with E-state index in [9.17, 15) is 4.79 Å². The van der Waals surface area contributed by atoms with Gasteiger partial charge in [-0.05, 0) is 24.3 Å². The lowest BCUT2D eigenvalue weighted by atomic mass is 10.1. The summed E-state index contributed by atoms with van der Waals surface area (Å²) < 4.78 is 11.1. The van der Waals surface area contributed by atoms with Crippen molar-refractivity contribution in [2.75, 3.05) is 32.8 Å². The largest absolute Gasteiger partial charge is 0.488 e. The van der Waals surface area contributed by atoms with Crippen LogP contribution in [0.2, 0.25) is 5.02 Å². The summed E-state index contributed by atoms with van der Waals surface area (Å²) in [7, 11) is 0. The zero-order valence-corrected chi connectivity index (χ0v) is 12.3. The van der Waals surface area contributed by atoms with Crippen LogP contribution in [-0.2, 0) is 9.53 Å². The summed E-state index contributed by atoms with van der Waals surface area (Å²) in [6, 6.07) is 5.38. The van der Waals surface area contributed by atoms with Crippen molar-refractivity contribution in [2.45, 2.75) is 6.10 Å². The summed E-state index contributed by atoms with van der Waals surface area (Å²) in [5, 5.41) is 0.622. The maximum Gasteiger partial charge on any atom is 0.253 e. The Morgan fingerprint density at radius 2 is 2.33 bits per heavy atom. The standard InChI is InChI=1S/C15H17ClN2O3/c16-12-1-2-14-10(6-12)5-11(9-21-14)15(19)18-3-4-20-13(7-17)8-18/h1-2,5-6,13H,3-4,7-9,17H2. The quantitative estimate of drug-likeness (QED) is 0.894. The van der Waals surface area contributed by atoms with Crippen LogP contribution < -0.4 is 10.5 Å². The van der Waals surface area contributed by atoms with Gasteiger partial charge in [-0.3, -0.25) is 4.79 Å². The smallest absolute Gasteiger partial charge is 0.253 e. The Hall–Kier alpha value is -1.56. The fraction of sp³-hybridized carbons (Fsp3) is 0.400. The summed E-state index contributed by atoms with van der Waals surface area (Å²) in [6.07, 6.45) is 1.76. The number of benzene rings is 1. The molecule has 2 aliphatic heterocycles. The molecule has 1 fully saturated rings. The van der Waals surface area contributed by atoms with Crippen molar-refractivity contribution in [3.05, 3.63) is 34.4 Å². The van der Waals surface area contributed by atoms with Gasteiger partial charge in [-0.25, -0.2) is 0 Å². The lowest BCUT2D eigenvalue weighted by Crippen LogP contribution is -2.49. The predicted molar refractivity (Wildman–Crippen MR) is 80.3 cm³/mol. The van der Waals surface area contributed by atoms with E-state index in [2.05, 4.69) is 0 Å². The van der Waals surface area contributed by atoms with Gasteiger partial charge in [0.25, 0.3) is 5.91 Å². The molecule has 6 heteroatoms. The number of fused-ring (bicyclic) bond motifs is 1. The lowest BCUT2D eigenvalue weighted by molar-refractivity contribution is -0.134. The second kappa shape index (κ2) is 6.05. The van der Waals surface area contributed by atoms with E-state index < -0.39 is 0 Å². The van der Waals surface area contributed by atoms with Gasteiger partial charge < -0.3 is 20.1 Å². The number of hydrogen-bond donors (Lipinski definition) is 1. The van der Waals surface area contributed by atoms with Crippen LogP contribution in [0.1, 0.15) is 5.56 Å². The van der Waals surface area contributed by atoms with Gasteiger partial charge in [0.2, 0.25) is 0 Å². The van der Waals surface area contributed by atoms with Gasteiger partial charge >= 0.3 is 0 Å². The van der Waals surface area contributed by atoms with E-state index in [0.29, 0.717) is 36.8 Å². The molecule has 0 aliphatic carbocycles. The molecule has 1 unspecified atom stereocenters. The van der Waals surface area contributed by atoms with Gasteiger partial charge in [-0.1, -0.05) is 11.6 Å². The number of nitrogens with two attached hydrogens (primary N) is 1. The Morgan fingerprint density at radius 1 is 1.48 bits per heavy atom. The van der Waals surface area contributed by atoms with Crippen LogP contribution in [0.5, 0.6) is 5.75 Å². The first-order valence-electron chi connectivity index (χ1n) is 6.91. The fourth-order valence-corrected chi connectivity index (χ4v) is 2.70. The highest BCUT2D eigenvalue weighted by molar-refractivity contribution is 6.30. The minimum atomic E-state index is -0.0884. The van der Waals surface area contributed by atoms with Gasteiger partial charge in [0.05, 0.1) is 18.3 Å². The zero-order chi connectivity index (χ0) is 14.8. The average molecular weight is 309 g/mol. The summed E-state index contributed by atoms with van der Waals surface area (Å²) in [4.78, 5) is 14.3. The third-order valence-electron chi connectivity index (χ3n) is 3.65. The number of amides is 1. The minimum Gasteiger partial charge on any atom is -0.488 e. The Balaban J connectivity index is 1.79. The number of morpholine rings is 1. The number of nitrogens with zero attached hydrogens (tertiary/aromatic N) is 1. The molecule has 2 N–H and O–H groups in total. The van der Waals surface area contributed by atoms with Crippen molar-refractivity contribution in [3.8, 4) is 5.75 Å². The molecule has 1 saturated heterocycles. The van der Waals surface area contributed by atoms with E-state index in [4.69, 9.17) is 26.8 Å². The summed E-state index contributed by atoms with van der Waals surface area (Å²) >= 11 is 5.98. The Kier molecular flexibility index (Phi) is 4.14. The van der Waals surface area contributed by atoms with E-state index in [1.54, 1.807) is 17.0 Å². The number of carbonyl (C=O) groups excluding carboxylic acids is 1. The van der Waals surface area contributed by atoms with Gasteiger partial charge in [0, 0.05) is 30.2 Å². The van der Waals surface area contributed by atoms with Crippen molar-refractivity contribution in [3.63, 3.8) is 0 Å². The summed E-state index contributed by atoms with van der Waals surface area (Å²) in [5.41, 5.74) is 7.07. The number of halogens is 1. The summed E-state index contributed by atoms with van der Waals surface area (Å²) in [5.74, 6) is 0.722. The number of rotatable bonds is 2. The van der Waals surface area contributed by atoms with Crippen LogP contribution in [0.4, 0.5) is 0 Å². The van der Waals surface area contributed by atoms with E-state index in [-0.39, 0.29) is 18.6 Å². The van der Waals surface area contributed by atoms with E-state index in [1.165, 1.54) is 0 Å². The second-order valence-corrected chi connectivity index (χ2v) is 5.56. The molecule has 21 heavy (non-hydrogen) atoms. The van der Waals surface area contributed by atoms with Crippen molar-refractivity contribution in [1.29, 1.82) is 0 Å². The van der Waals surface area contributed by atoms with Crippen molar-refractivity contribution < 1.29 is 14.3 Å². The maximum atomic E-state index is 12.6. The molecule has 1 atom stereocenters. The zero-order valence-electron chi connectivity index (χ0n) is 11.5. The Bertz CT molecular complexity index is 588. The first-order valence-corrected chi connectivity index (χ1v) is 7.29. The third-order valence-corrected chi connectivity index (χ3v) is 3.88. The highest BCUT2D eigenvalue weighted by atomic mass is 35.5. The van der Waals surface area contributed by atoms with Gasteiger partial charge in [-0.15, -0.1) is 0 Å². The number of carbonyl (C=O) groups is 1. The minimum absolute atomic E-state index is 0.0256.